The number of ether oxygens (including phenoxy) is 1. The summed E-state index contributed by atoms with van der Waals surface area (Å²) in [7, 11) is 1.67. The minimum absolute atomic E-state index is 0.128. The molecular formula is C16H32N2O3. The SMILES string of the molecule is CNC(=O)CCCCCCCCCNC(=O)OC(C)(C)C. The molecule has 124 valence electrons. The first kappa shape index (κ1) is 19.7. The molecular weight excluding hydrogens is 268 g/mol. The van der Waals surface area contributed by atoms with Gasteiger partial charge in [-0.1, -0.05) is 32.1 Å². The summed E-state index contributed by atoms with van der Waals surface area (Å²) in [5, 5.41) is 5.39. The lowest BCUT2D eigenvalue weighted by Gasteiger charge is -2.19. The molecule has 0 radical (unpaired) electrons. The lowest BCUT2D eigenvalue weighted by Crippen LogP contribution is -2.32. The van der Waals surface area contributed by atoms with Crippen molar-refractivity contribution in [2.75, 3.05) is 13.6 Å². The van der Waals surface area contributed by atoms with Crippen molar-refractivity contribution in [1.82, 2.24) is 10.6 Å². The van der Waals surface area contributed by atoms with Crippen molar-refractivity contribution < 1.29 is 14.3 Å². The molecule has 0 rings (SSSR count). The van der Waals surface area contributed by atoms with E-state index in [1.807, 2.05) is 20.8 Å². The summed E-state index contributed by atoms with van der Waals surface area (Å²) in [6.45, 7) is 6.25. The van der Waals surface area contributed by atoms with Gasteiger partial charge in [-0.25, -0.2) is 4.79 Å². The summed E-state index contributed by atoms with van der Waals surface area (Å²) in [5.74, 6) is 0.128. The predicted molar refractivity (Wildman–Crippen MR) is 85.2 cm³/mol. The lowest BCUT2D eigenvalue weighted by atomic mass is 10.1. The monoisotopic (exact) mass is 300 g/mol. The van der Waals surface area contributed by atoms with Crippen molar-refractivity contribution in [3.63, 3.8) is 0 Å². The highest BCUT2D eigenvalue weighted by Gasteiger charge is 2.15. The van der Waals surface area contributed by atoms with Crippen LogP contribution in [0.1, 0.15) is 72.1 Å². The first-order valence-electron chi connectivity index (χ1n) is 8.02. The third-order valence-corrected chi connectivity index (χ3v) is 3.03. The normalized spacial score (nSPS) is 11.0. The van der Waals surface area contributed by atoms with Gasteiger partial charge in [0, 0.05) is 20.0 Å². The molecule has 21 heavy (non-hydrogen) atoms. The van der Waals surface area contributed by atoms with E-state index >= 15 is 0 Å². The molecule has 0 fully saturated rings. The van der Waals surface area contributed by atoms with Gasteiger partial charge in [0.15, 0.2) is 0 Å². The Kier molecular flexibility index (Phi) is 10.7. The van der Waals surface area contributed by atoms with Crippen LogP contribution < -0.4 is 10.6 Å². The van der Waals surface area contributed by atoms with Crippen LogP contribution in [0.25, 0.3) is 0 Å². The molecule has 0 aromatic carbocycles. The second-order valence-electron chi connectivity index (χ2n) is 6.33. The molecule has 0 aliphatic heterocycles. The van der Waals surface area contributed by atoms with Gasteiger partial charge >= 0.3 is 6.09 Å². The number of rotatable bonds is 10. The van der Waals surface area contributed by atoms with Gasteiger partial charge in [0.25, 0.3) is 0 Å². The molecule has 5 heteroatoms. The van der Waals surface area contributed by atoms with Crippen LogP contribution in [-0.2, 0) is 9.53 Å². The van der Waals surface area contributed by atoms with Gasteiger partial charge in [0.1, 0.15) is 5.60 Å². The Bertz CT molecular complexity index is 298. The standard InChI is InChI=1S/C16H32N2O3/c1-16(2,3)21-15(20)18-13-11-9-7-5-6-8-10-12-14(19)17-4/h5-13H2,1-4H3,(H,17,19)(H,18,20). The summed E-state index contributed by atoms with van der Waals surface area (Å²) in [5.41, 5.74) is -0.432. The van der Waals surface area contributed by atoms with Crippen LogP contribution in [0.4, 0.5) is 4.79 Å². The quantitative estimate of drug-likeness (QED) is 0.608. The molecule has 0 aromatic heterocycles. The first-order valence-corrected chi connectivity index (χ1v) is 8.02. The van der Waals surface area contributed by atoms with Crippen LogP contribution in [0, 0.1) is 0 Å². The van der Waals surface area contributed by atoms with E-state index in [0.717, 1.165) is 25.7 Å². The van der Waals surface area contributed by atoms with Crippen molar-refractivity contribution in [1.29, 1.82) is 0 Å². The molecule has 0 unspecified atom stereocenters. The minimum atomic E-state index is -0.432. The number of unbranched alkanes of at least 4 members (excludes halogenated alkanes) is 6. The molecule has 0 heterocycles. The highest BCUT2D eigenvalue weighted by Crippen LogP contribution is 2.09. The zero-order valence-corrected chi connectivity index (χ0v) is 14.1. The summed E-state index contributed by atoms with van der Waals surface area (Å²) in [4.78, 5) is 22.4. The van der Waals surface area contributed by atoms with E-state index in [1.165, 1.54) is 19.3 Å². The molecule has 0 saturated carbocycles. The van der Waals surface area contributed by atoms with Crippen LogP contribution in [-0.4, -0.2) is 31.2 Å². The highest BCUT2D eigenvalue weighted by atomic mass is 16.6. The van der Waals surface area contributed by atoms with E-state index < -0.39 is 5.60 Å². The van der Waals surface area contributed by atoms with E-state index in [-0.39, 0.29) is 12.0 Å². The second kappa shape index (κ2) is 11.4. The van der Waals surface area contributed by atoms with Gasteiger partial charge in [0.2, 0.25) is 5.91 Å². The van der Waals surface area contributed by atoms with Gasteiger partial charge in [-0.05, 0) is 33.6 Å². The molecule has 0 saturated heterocycles. The topological polar surface area (TPSA) is 67.4 Å². The van der Waals surface area contributed by atoms with Crippen LogP contribution in [0.3, 0.4) is 0 Å². The fraction of sp³-hybridized carbons (Fsp3) is 0.875. The van der Waals surface area contributed by atoms with Crippen molar-refractivity contribution >= 4 is 12.0 Å². The van der Waals surface area contributed by atoms with Crippen LogP contribution in [0.15, 0.2) is 0 Å². The maximum Gasteiger partial charge on any atom is 0.407 e. The summed E-state index contributed by atoms with van der Waals surface area (Å²) >= 11 is 0. The van der Waals surface area contributed by atoms with E-state index in [0.29, 0.717) is 13.0 Å². The Labute approximate surface area is 129 Å². The molecule has 5 nitrogen and oxygen atoms in total. The number of hydrogen-bond donors (Lipinski definition) is 2. The van der Waals surface area contributed by atoms with E-state index in [4.69, 9.17) is 4.74 Å². The van der Waals surface area contributed by atoms with Gasteiger partial charge in [0.05, 0.1) is 0 Å². The third-order valence-electron chi connectivity index (χ3n) is 3.03. The van der Waals surface area contributed by atoms with Gasteiger partial charge in [-0.3, -0.25) is 4.79 Å². The largest absolute Gasteiger partial charge is 0.444 e. The molecule has 0 aliphatic rings. The van der Waals surface area contributed by atoms with Gasteiger partial charge in [-0.15, -0.1) is 0 Å². The van der Waals surface area contributed by atoms with Gasteiger partial charge in [-0.2, -0.15) is 0 Å². The predicted octanol–water partition coefficient (Wildman–Crippen LogP) is 3.38. The average molecular weight is 300 g/mol. The van der Waals surface area contributed by atoms with Gasteiger partial charge < -0.3 is 15.4 Å². The Morgan fingerprint density at radius 1 is 0.905 bits per heavy atom. The number of carbonyl (C=O) groups excluding carboxylic acids is 2. The maximum absolute atomic E-state index is 11.4. The number of hydrogen-bond acceptors (Lipinski definition) is 3. The lowest BCUT2D eigenvalue weighted by molar-refractivity contribution is -0.120. The zero-order valence-electron chi connectivity index (χ0n) is 14.1. The fourth-order valence-electron chi connectivity index (χ4n) is 1.92. The van der Waals surface area contributed by atoms with Crippen LogP contribution in [0.5, 0.6) is 0 Å². The maximum atomic E-state index is 11.4. The summed E-state index contributed by atoms with van der Waals surface area (Å²) in [6, 6.07) is 0. The average Bonchev–Trinajstić information content (AvgIpc) is 2.38. The Morgan fingerprint density at radius 3 is 1.95 bits per heavy atom. The molecule has 0 aromatic rings. The Balaban J connectivity index is 3.26. The Morgan fingerprint density at radius 2 is 1.43 bits per heavy atom. The van der Waals surface area contributed by atoms with Crippen molar-refractivity contribution in [2.24, 2.45) is 0 Å². The molecule has 0 spiro atoms. The van der Waals surface area contributed by atoms with Crippen LogP contribution >= 0.6 is 0 Å². The molecule has 2 amide bonds. The highest BCUT2D eigenvalue weighted by molar-refractivity contribution is 5.75. The smallest absolute Gasteiger partial charge is 0.407 e. The second-order valence-corrected chi connectivity index (χ2v) is 6.33. The molecule has 0 aliphatic carbocycles. The third kappa shape index (κ3) is 15.0. The first-order chi connectivity index (χ1) is 9.85. The number of alkyl carbamates (subject to hydrolysis) is 1. The van der Waals surface area contributed by atoms with Crippen molar-refractivity contribution in [3.05, 3.63) is 0 Å². The molecule has 0 bridgehead atoms. The molecule has 0 atom stereocenters. The van der Waals surface area contributed by atoms with E-state index in [2.05, 4.69) is 10.6 Å². The van der Waals surface area contributed by atoms with Crippen molar-refractivity contribution in [2.45, 2.75) is 77.7 Å². The number of nitrogens with one attached hydrogen (secondary N) is 2. The van der Waals surface area contributed by atoms with Crippen molar-refractivity contribution in [3.8, 4) is 0 Å². The van der Waals surface area contributed by atoms with E-state index in [1.54, 1.807) is 7.05 Å². The number of carbonyl (C=O) groups is 2. The number of amides is 2. The van der Waals surface area contributed by atoms with Crippen LogP contribution in [0.2, 0.25) is 0 Å². The zero-order chi connectivity index (χ0) is 16.1. The minimum Gasteiger partial charge on any atom is -0.444 e. The molecule has 2 N–H and O–H groups in total. The summed E-state index contributed by atoms with van der Waals surface area (Å²) in [6.07, 6.45) is 8.03. The summed E-state index contributed by atoms with van der Waals surface area (Å²) < 4.78 is 5.16. The van der Waals surface area contributed by atoms with E-state index in [9.17, 15) is 9.59 Å². The fourth-order valence-corrected chi connectivity index (χ4v) is 1.92. The Hall–Kier alpha value is -1.26.